The molecule has 94 valence electrons. The van der Waals surface area contributed by atoms with Crippen molar-refractivity contribution < 1.29 is 24.5 Å². The molecular weight excluding hydrogens is 297 g/mol. The van der Waals surface area contributed by atoms with E-state index in [4.69, 9.17) is 5.11 Å². The van der Waals surface area contributed by atoms with E-state index in [1.54, 1.807) is 0 Å². The molecule has 0 saturated heterocycles. The highest BCUT2D eigenvalue weighted by Crippen LogP contribution is 2.19. The molecule has 0 aliphatic heterocycles. The van der Waals surface area contributed by atoms with Crippen molar-refractivity contribution in [2.45, 2.75) is 18.6 Å². The SMILES string of the molecule is O=C(O)c1cc(C(O)C(O)CCBr)ncc1F. The van der Waals surface area contributed by atoms with E-state index in [2.05, 4.69) is 20.9 Å². The van der Waals surface area contributed by atoms with Crippen LogP contribution in [-0.4, -0.2) is 37.7 Å². The van der Waals surface area contributed by atoms with Gasteiger partial charge < -0.3 is 15.3 Å². The van der Waals surface area contributed by atoms with Gasteiger partial charge >= 0.3 is 5.97 Å². The number of aromatic carboxylic acids is 1. The Labute approximate surface area is 105 Å². The summed E-state index contributed by atoms with van der Waals surface area (Å²) in [6, 6.07) is 0.916. The molecule has 0 amide bonds. The Kier molecular flexibility index (Phi) is 4.98. The second-order valence-electron chi connectivity index (χ2n) is 3.38. The summed E-state index contributed by atoms with van der Waals surface area (Å²) in [6.07, 6.45) is -1.45. The van der Waals surface area contributed by atoms with Gasteiger partial charge in [0, 0.05) is 5.33 Å². The van der Waals surface area contributed by atoms with Crippen LogP contribution in [0.15, 0.2) is 12.3 Å². The summed E-state index contributed by atoms with van der Waals surface area (Å²) < 4.78 is 13.0. The van der Waals surface area contributed by atoms with Gasteiger partial charge in [-0.1, -0.05) is 15.9 Å². The predicted molar refractivity (Wildman–Crippen MR) is 60.5 cm³/mol. The highest BCUT2D eigenvalue weighted by Gasteiger charge is 2.21. The maximum atomic E-state index is 13.0. The van der Waals surface area contributed by atoms with Gasteiger partial charge in [0.15, 0.2) is 5.82 Å². The van der Waals surface area contributed by atoms with E-state index in [1.165, 1.54) is 0 Å². The third-order valence-corrected chi connectivity index (χ3v) is 2.64. The molecule has 0 fully saturated rings. The Hall–Kier alpha value is -1.05. The molecule has 1 heterocycles. The van der Waals surface area contributed by atoms with Crippen molar-refractivity contribution in [1.82, 2.24) is 4.98 Å². The predicted octanol–water partition coefficient (Wildman–Crippen LogP) is 1.10. The standard InChI is InChI=1S/C10H11BrFNO4/c11-2-1-8(14)9(15)7-3-5(10(16)17)6(12)4-13-7/h3-4,8-9,14-15H,1-2H2,(H,16,17). The molecule has 3 N–H and O–H groups in total. The number of rotatable bonds is 5. The quantitative estimate of drug-likeness (QED) is 0.709. The fourth-order valence-corrected chi connectivity index (χ4v) is 1.72. The number of halogens is 2. The van der Waals surface area contributed by atoms with Gasteiger partial charge in [-0.15, -0.1) is 0 Å². The molecule has 17 heavy (non-hydrogen) atoms. The number of hydrogen-bond acceptors (Lipinski definition) is 4. The van der Waals surface area contributed by atoms with Crippen molar-refractivity contribution in [2.24, 2.45) is 0 Å². The summed E-state index contributed by atoms with van der Waals surface area (Å²) >= 11 is 3.09. The molecule has 0 aliphatic carbocycles. The normalized spacial score (nSPS) is 14.4. The van der Waals surface area contributed by atoms with Crippen LogP contribution in [0.5, 0.6) is 0 Å². The molecule has 0 radical (unpaired) electrons. The molecule has 0 spiro atoms. The van der Waals surface area contributed by atoms with Gasteiger partial charge in [0.2, 0.25) is 0 Å². The van der Waals surface area contributed by atoms with E-state index in [1.807, 2.05) is 0 Å². The minimum absolute atomic E-state index is 0.0720. The summed E-state index contributed by atoms with van der Waals surface area (Å²) in [4.78, 5) is 14.2. The van der Waals surface area contributed by atoms with Gasteiger partial charge in [0.1, 0.15) is 6.10 Å². The summed E-state index contributed by atoms with van der Waals surface area (Å²) in [5.41, 5.74) is -0.655. The Bertz CT molecular complexity index is 415. The Balaban J connectivity index is 2.99. The number of aliphatic hydroxyl groups is 2. The Morgan fingerprint density at radius 3 is 2.71 bits per heavy atom. The Morgan fingerprint density at radius 1 is 1.53 bits per heavy atom. The van der Waals surface area contributed by atoms with Crippen LogP contribution in [0.25, 0.3) is 0 Å². The van der Waals surface area contributed by atoms with E-state index < -0.39 is 29.6 Å². The lowest BCUT2D eigenvalue weighted by Gasteiger charge is -2.16. The smallest absolute Gasteiger partial charge is 0.338 e. The summed E-state index contributed by atoms with van der Waals surface area (Å²) in [7, 11) is 0. The van der Waals surface area contributed by atoms with E-state index in [0.717, 1.165) is 6.07 Å². The maximum absolute atomic E-state index is 13.0. The van der Waals surface area contributed by atoms with Crippen LogP contribution in [0.2, 0.25) is 0 Å². The van der Waals surface area contributed by atoms with Crippen LogP contribution in [0.3, 0.4) is 0 Å². The number of pyridine rings is 1. The summed E-state index contributed by atoms with van der Waals surface area (Å²) in [5, 5.41) is 28.3. The van der Waals surface area contributed by atoms with Crippen LogP contribution < -0.4 is 0 Å². The second kappa shape index (κ2) is 6.04. The minimum atomic E-state index is -1.45. The number of hydrogen-bond donors (Lipinski definition) is 3. The molecule has 1 rings (SSSR count). The number of nitrogens with zero attached hydrogens (tertiary/aromatic N) is 1. The van der Waals surface area contributed by atoms with E-state index in [9.17, 15) is 19.4 Å². The first-order valence-corrected chi connectivity index (χ1v) is 5.90. The van der Waals surface area contributed by atoms with Crippen molar-refractivity contribution >= 4 is 21.9 Å². The van der Waals surface area contributed by atoms with Gasteiger partial charge in [0.25, 0.3) is 0 Å². The van der Waals surface area contributed by atoms with Crippen LogP contribution in [0.4, 0.5) is 4.39 Å². The highest BCUT2D eigenvalue weighted by molar-refractivity contribution is 9.09. The lowest BCUT2D eigenvalue weighted by atomic mass is 10.1. The number of alkyl halides is 1. The second-order valence-corrected chi connectivity index (χ2v) is 4.18. The molecule has 1 aromatic heterocycles. The van der Waals surface area contributed by atoms with Crippen molar-refractivity contribution in [3.8, 4) is 0 Å². The summed E-state index contributed by atoms with van der Waals surface area (Å²) in [5.74, 6) is -2.43. The average molecular weight is 308 g/mol. The van der Waals surface area contributed by atoms with Crippen molar-refractivity contribution in [1.29, 1.82) is 0 Å². The number of carboxylic acid groups (broad SMARTS) is 1. The number of aliphatic hydroxyl groups excluding tert-OH is 2. The highest BCUT2D eigenvalue weighted by atomic mass is 79.9. The van der Waals surface area contributed by atoms with Gasteiger partial charge in [-0.25, -0.2) is 9.18 Å². The molecule has 0 aromatic carbocycles. The van der Waals surface area contributed by atoms with Crippen LogP contribution in [0, 0.1) is 5.82 Å². The lowest BCUT2D eigenvalue weighted by molar-refractivity contribution is 0.0146. The van der Waals surface area contributed by atoms with Gasteiger partial charge in [-0.05, 0) is 12.5 Å². The molecule has 0 bridgehead atoms. The first kappa shape index (κ1) is 14.0. The zero-order valence-corrected chi connectivity index (χ0v) is 10.3. The number of carboxylic acids is 1. The fraction of sp³-hybridized carbons (Fsp3) is 0.400. The molecule has 0 aliphatic rings. The zero-order valence-electron chi connectivity index (χ0n) is 8.68. The first-order chi connectivity index (χ1) is 7.97. The Morgan fingerprint density at radius 2 is 2.18 bits per heavy atom. The van der Waals surface area contributed by atoms with Crippen LogP contribution >= 0.6 is 15.9 Å². The topological polar surface area (TPSA) is 90.7 Å². The average Bonchev–Trinajstić information content (AvgIpc) is 2.28. The largest absolute Gasteiger partial charge is 0.478 e. The molecule has 0 saturated carbocycles. The van der Waals surface area contributed by atoms with Crippen LogP contribution in [0.1, 0.15) is 28.6 Å². The van der Waals surface area contributed by atoms with E-state index in [-0.39, 0.29) is 12.1 Å². The van der Waals surface area contributed by atoms with Crippen molar-refractivity contribution in [3.05, 3.63) is 29.3 Å². The van der Waals surface area contributed by atoms with Gasteiger partial charge in [-0.2, -0.15) is 0 Å². The number of aromatic nitrogens is 1. The molecule has 1 aromatic rings. The van der Waals surface area contributed by atoms with Gasteiger partial charge in [0.05, 0.1) is 23.6 Å². The first-order valence-electron chi connectivity index (χ1n) is 4.78. The molecule has 5 nitrogen and oxygen atoms in total. The summed E-state index contributed by atoms with van der Waals surface area (Å²) in [6.45, 7) is 0. The number of carbonyl (C=O) groups is 1. The van der Waals surface area contributed by atoms with E-state index >= 15 is 0 Å². The molecule has 2 unspecified atom stereocenters. The lowest BCUT2D eigenvalue weighted by Crippen LogP contribution is -2.20. The van der Waals surface area contributed by atoms with Crippen molar-refractivity contribution in [2.75, 3.05) is 5.33 Å². The molecular formula is C10H11BrFNO4. The third kappa shape index (κ3) is 3.45. The maximum Gasteiger partial charge on any atom is 0.338 e. The zero-order chi connectivity index (χ0) is 13.0. The fourth-order valence-electron chi connectivity index (χ4n) is 1.25. The molecule has 2 atom stereocenters. The van der Waals surface area contributed by atoms with Gasteiger partial charge in [-0.3, -0.25) is 4.98 Å². The van der Waals surface area contributed by atoms with Crippen LogP contribution in [-0.2, 0) is 0 Å². The minimum Gasteiger partial charge on any atom is -0.478 e. The monoisotopic (exact) mass is 307 g/mol. The van der Waals surface area contributed by atoms with Crippen molar-refractivity contribution in [3.63, 3.8) is 0 Å². The third-order valence-electron chi connectivity index (χ3n) is 2.18. The van der Waals surface area contributed by atoms with E-state index in [0.29, 0.717) is 11.5 Å². The molecule has 7 heteroatoms.